The Hall–Kier alpha value is -1.17. The summed E-state index contributed by atoms with van der Waals surface area (Å²) in [5, 5.41) is 11.7. The molecule has 2 aromatic rings. The maximum Gasteiger partial charge on any atom is 0.0795 e. The standard InChI is InChI=1S/C13H18N4S/c1-2-6-17(7-3-1)15-10-11-9-14-16-13(11)12-5-4-8-18-12/h4-5,8-9,15H,1-3,6-7,10H2,(H,14,16). The van der Waals surface area contributed by atoms with Crippen LogP contribution in [-0.4, -0.2) is 28.3 Å². The van der Waals surface area contributed by atoms with E-state index in [1.165, 1.54) is 29.7 Å². The average Bonchev–Trinajstić information content (AvgIpc) is 3.08. The van der Waals surface area contributed by atoms with E-state index in [2.05, 4.69) is 38.1 Å². The van der Waals surface area contributed by atoms with Gasteiger partial charge in [0.05, 0.1) is 16.8 Å². The summed E-state index contributed by atoms with van der Waals surface area (Å²) < 4.78 is 0. The minimum atomic E-state index is 0.851. The number of aromatic nitrogens is 2. The van der Waals surface area contributed by atoms with Gasteiger partial charge in [0, 0.05) is 25.2 Å². The van der Waals surface area contributed by atoms with Crippen molar-refractivity contribution in [2.24, 2.45) is 0 Å². The maximum absolute atomic E-state index is 4.16. The van der Waals surface area contributed by atoms with Gasteiger partial charge in [-0.25, -0.2) is 5.01 Å². The summed E-state index contributed by atoms with van der Waals surface area (Å²) in [5.41, 5.74) is 5.89. The lowest BCUT2D eigenvalue weighted by molar-refractivity contribution is 0.151. The number of nitrogens with one attached hydrogen (secondary N) is 2. The second-order valence-electron chi connectivity index (χ2n) is 4.63. The minimum Gasteiger partial charge on any atom is -0.277 e. The van der Waals surface area contributed by atoms with E-state index in [1.54, 1.807) is 11.3 Å². The van der Waals surface area contributed by atoms with Crippen LogP contribution >= 0.6 is 11.3 Å². The summed E-state index contributed by atoms with van der Waals surface area (Å²) in [4.78, 5) is 1.25. The lowest BCUT2D eigenvalue weighted by Gasteiger charge is -2.27. The van der Waals surface area contributed by atoms with Crippen LogP contribution < -0.4 is 5.43 Å². The van der Waals surface area contributed by atoms with Crippen molar-refractivity contribution in [3.63, 3.8) is 0 Å². The molecule has 3 heterocycles. The van der Waals surface area contributed by atoms with E-state index < -0.39 is 0 Å². The highest BCUT2D eigenvalue weighted by molar-refractivity contribution is 7.13. The lowest BCUT2D eigenvalue weighted by Crippen LogP contribution is -2.41. The zero-order valence-electron chi connectivity index (χ0n) is 10.4. The summed E-state index contributed by atoms with van der Waals surface area (Å²) in [6, 6.07) is 4.20. The topological polar surface area (TPSA) is 44.0 Å². The highest BCUT2D eigenvalue weighted by Gasteiger charge is 2.12. The molecule has 1 saturated heterocycles. The highest BCUT2D eigenvalue weighted by Crippen LogP contribution is 2.25. The van der Waals surface area contributed by atoms with E-state index >= 15 is 0 Å². The van der Waals surface area contributed by atoms with Gasteiger partial charge in [-0.1, -0.05) is 12.5 Å². The first-order valence-corrected chi connectivity index (χ1v) is 7.36. The summed E-state index contributed by atoms with van der Waals surface area (Å²) in [5.74, 6) is 0. The van der Waals surface area contributed by atoms with E-state index in [1.807, 2.05) is 6.20 Å². The summed E-state index contributed by atoms with van der Waals surface area (Å²) in [7, 11) is 0. The van der Waals surface area contributed by atoms with Gasteiger partial charge in [0.15, 0.2) is 0 Å². The number of hydrogen-bond acceptors (Lipinski definition) is 4. The molecule has 0 spiro atoms. The largest absolute Gasteiger partial charge is 0.277 e. The molecule has 96 valence electrons. The molecule has 1 aliphatic heterocycles. The molecule has 1 fully saturated rings. The van der Waals surface area contributed by atoms with Crippen molar-refractivity contribution in [1.82, 2.24) is 20.6 Å². The molecule has 1 aliphatic rings. The molecular weight excluding hydrogens is 244 g/mol. The molecule has 0 aromatic carbocycles. The van der Waals surface area contributed by atoms with Crippen LogP contribution in [0.3, 0.4) is 0 Å². The minimum absolute atomic E-state index is 0.851. The van der Waals surface area contributed by atoms with Gasteiger partial charge in [-0.3, -0.25) is 10.5 Å². The Labute approximate surface area is 111 Å². The van der Waals surface area contributed by atoms with Gasteiger partial charge in [0.1, 0.15) is 0 Å². The number of rotatable bonds is 4. The number of aromatic amines is 1. The second-order valence-corrected chi connectivity index (χ2v) is 5.58. The van der Waals surface area contributed by atoms with E-state index in [-0.39, 0.29) is 0 Å². The molecule has 0 unspecified atom stereocenters. The van der Waals surface area contributed by atoms with E-state index in [9.17, 15) is 0 Å². The number of piperidine rings is 1. The molecule has 0 saturated carbocycles. The summed E-state index contributed by atoms with van der Waals surface area (Å²) >= 11 is 1.74. The fraction of sp³-hybridized carbons (Fsp3) is 0.462. The van der Waals surface area contributed by atoms with Crippen LogP contribution in [-0.2, 0) is 6.54 Å². The van der Waals surface area contributed by atoms with Gasteiger partial charge in [-0.15, -0.1) is 11.3 Å². The zero-order chi connectivity index (χ0) is 12.2. The van der Waals surface area contributed by atoms with Crippen LogP contribution in [0, 0.1) is 0 Å². The van der Waals surface area contributed by atoms with Gasteiger partial charge in [0.25, 0.3) is 0 Å². The second kappa shape index (κ2) is 5.65. The first kappa shape index (κ1) is 11.9. The molecule has 0 radical (unpaired) electrons. The smallest absolute Gasteiger partial charge is 0.0795 e. The molecule has 2 aromatic heterocycles. The van der Waals surface area contributed by atoms with Crippen LogP contribution in [0.5, 0.6) is 0 Å². The lowest BCUT2D eigenvalue weighted by atomic mass is 10.2. The number of hydrazine groups is 1. The van der Waals surface area contributed by atoms with Crippen LogP contribution in [0.15, 0.2) is 23.7 Å². The molecule has 4 nitrogen and oxygen atoms in total. The van der Waals surface area contributed by atoms with Crippen LogP contribution in [0.1, 0.15) is 24.8 Å². The van der Waals surface area contributed by atoms with Crippen LogP contribution in [0.25, 0.3) is 10.6 Å². The quantitative estimate of drug-likeness (QED) is 0.890. The Balaban J connectivity index is 1.64. The zero-order valence-corrected chi connectivity index (χ0v) is 11.2. The monoisotopic (exact) mass is 262 g/mol. The normalized spacial score (nSPS) is 17.1. The van der Waals surface area contributed by atoms with E-state index in [0.717, 1.165) is 25.3 Å². The first-order chi connectivity index (χ1) is 8.93. The summed E-state index contributed by atoms with van der Waals surface area (Å²) in [6.45, 7) is 3.17. The van der Waals surface area contributed by atoms with Gasteiger partial charge >= 0.3 is 0 Å². The molecule has 0 bridgehead atoms. The number of hydrogen-bond donors (Lipinski definition) is 2. The SMILES string of the molecule is c1csc(-c2[nH]ncc2CNN2CCCCC2)c1. The molecule has 2 N–H and O–H groups in total. The number of thiophene rings is 1. The van der Waals surface area contributed by atoms with Crippen LogP contribution in [0.4, 0.5) is 0 Å². The molecule has 0 aliphatic carbocycles. The fourth-order valence-corrected chi connectivity index (χ4v) is 3.08. The van der Waals surface area contributed by atoms with Crippen molar-refractivity contribution in [1.29, 1.82) is 0 Å². The third-order valence-corrected chi connectivity index (χ3v) is 4.22. The number of nitrogens with zero attached hydrogens (tertiary/aromatic N) is 2. The van der Waals surface area contributed by atoms with E-state index in [4.69, 9.17) is 0 Å². The molecule has 18 heavy (non-hydrogen) atoms. The Morgan fingerprint density at radius 2 is 2.22 bits per heavy atom. The third kappa shape index (κ3) is 2.63. The Bertz CT molecular complexity index is 471. The Morgan fingerprint density at radius 1 is 1.33 bits per heavy atom. The van der Waals surface area contributed by atoms with Crippen molar-refractivity contribution in [3.05, 3.63) is 29.3 Å². The van der Waals surface area contributed by atoms with Crippen molar-refractivity contribution >= 4 is 11.3 Å². The van der Waals surface area contributed by atoms with Crippen LogP contribution in [0.2, 0.25) is 0 Å². The van der Waals surface area contributed by atoms with Crippen molar-refractivity contribution in [3.8, 4) is 10.6 Å². The van der Waals surface area contributed by atoms with E-state index in [0.29, 0.717) is 0 Å². The van der Waals surface area contributed by atoms with Gasteiger partial charge in [-0.2, -0.15) is 5.10 Å². The predicted molar refractivity (Wildman–Crippen MR) is 74.2 cm³/mol. The summed E-state index contributed by atoms with van der Waals surface area (Å²) in [6.07, 6.45) is 5.89. The average molecular weight is 262 g/mol. The first-order valence-electron chi connectivity index (χ1n) is 6.48. The van der Waals surface area contributed by atoms with Gasteiger partial charge in [-0.05, 0) is 24.3 Å². The molecule has 0 amide bonds. The molecule has 0 atom stereocenters. The highest BCUT2D eigenvalue weighted by atomic mass is 32.1. The number of H-pyrrole nitrogens is 1. The fourth-order valence-electron chi connectivity index (χ4n) is 2.33. The Morgan fingerprint density at radius 3 is 3.00 bits per heavy atom. The van der Waals surface area contributed by atoms with Gasteiger partial charge < -0.3 is 0 Å². The molecular formula is C13H18N4S. The van der Waals surface area contributed by atoms with Gasteiger partial charge in [0.2, 0.25) is 0 Å². The van der Waals surface area contributed by atoms with Crippen molar-refractivity contribution < 1.29 is 0 Å². The maximum atomic E-state index is 4.16. The predicted octanol–water partition coefficient (Wildman–Crippen LogP) is 2.63. The Kier molecular flexibility index (Phi) is 3.73. The van der Waals surface area contributed by atoms with Crippen molar-refractivity contribution in [2.75, 3.05) is 13.1 Å². The third-order valence-electron chi connectivity index (χ3n) is 3.33. The molecule has 3 rings (SSSR count). The van der Waals surface area contributed by atoms with Crippen molar-refractivity contribution in [2.45, 2.75) is 25.8 Å². The molecule has 5 heteroatoms.